The average Bonchev–Trinajstić information content (AvgIpc) is 1.97. The molecule has 0 atom stereocenters. The van der Waals surface area contributed by atoms with Crippen molar-refractivity contribution in [3.05, 3.63) is 0 Å². The molecule has 78 valence electrons. The molecule has 0 saturated heterocycles. The van der Waals surface area contributed by atoms with E-state index in [1.54, 1.807) is 11.8 Å². The van der Waals surface area contributed by atoms with Gasteiger partial charge in [-0.3, -0.25) is 0 Å². The molecule has 0 aliphatic rings. The van der Waals surface area contributed by atoms with Crippen molar-refractivity contribution in [2.45, 2.75) is 26.6 Å². The number of hydrogen-bond donors (Lipinski definition) is 1. The zero-order chi connectivity index (χ0) is 10.3. The Morgan fingerprint density at radius 3 is 2.54 bits per heavy atom. The summed E-state index contributed by atoms with van der Waals surface area (Å²) < 4.78 is 6.54. The van der Waals surface area contributed by atoms with Crippen molar-refractivity contribution in [3.63, 3.8) is 0 Å². The summed E-state index contributed by atoms with van der Waals surface area (Å²) in [6.45, 7) is 10.2. The van der Waals surface area contributed by atoms with Crippen molar-refractivity contribution in [1.29, 1.82) is 0 Å². The summed E-state index contributed by atoms with van der Waals surface area (Å²) in [6, 6.07) is 0. The van der Waals surface area contributed by atoms with Gasteiger partial charge in [0.2, 0.25) is 0 Å². The molecule has 0 aliphatic heterocycles. The second-order valence-electron chi connectivity index (χ2n) is 3.61. The largest absolute Gasteiger partial charge is 0.416 e. The maximum absolute atomic E-state index is 5.67. The molecule has 13 heavy (non-hydrogen) atoms. The zero-order valence-electron chi connectivity index (χ0n) is 8.85. The Morgan fingerprint density at radius 2 is 2.08 bits per heavy atom. The minimum Gasteiger partial charge on any atom is -0.416 e. The van der Waals surface area contributed by atoms with Gasteiger partial charge in [0.05, 0.1) is 6.61 Å². The van der Waals surface area contributed by atoms with Crippen LogP contribution in [0.4, 0.5) is 0 Å². The van der Waals surface area contributed by atoms with E-state index >= 15 is 0 Å². The van der Waals surface area contributed by atoms with Gasteiger partial charge in [0.15, 0.2) is 8.32 Å². The molecule has 0 radical (unpaired) electrons. The van der Waals surface area contributed by atoms with E-state index in [1.165, 1.54) is 0 Å². The standard InChI is InChI=1S/C8H19NOS2Si/c1-5-12-8(11)9-6-7-10-13(2,3)4/h5-7H2,1-4H3,(H,9,11). The molecular formula is C8H19NOS2Si. The maximum Gasteiger partial charge on any atom is 0.183 e. The van der Waals surface area contributed by atoms with E-state index in [-0.39, 0.29) is 0 Å². The molecule has 1 N–H and O–H groups in total. The number of thioether (sulfide) groups is 1. The van der Waals surface area contributed by atoms with Crippen molar-refractivity contribution < 1.29 is 4.43 Å². The molecule has 0 aromatic carbocycles. The van der Waals surface area contributed by atoms with Gasteiger partial charge >= 0.3 is 0 Å². The van der Waals surface area contributed by atoms with Crippen LogP contribution >= 0.6 is 24.0 Å². The molecule has 5 heteroatoms. The third-order valence-corrected chi connectivity index (χ3v) is 3.45. The van der Waals surface area contributed by atoms with Gasteiger partial charge in [0, 0.05) is 6.54 Å². The van der Waals surface area contributed by atoms with Crippen LogP contribution in [0.25, 0.3) is 0 Å². The molecule has 0 bridgehead atoms. The van der Waals surface area contributed by atoms with E-state index in [2.05, 4.69) is 31.9 Å². The Labute approximate surface area is 91.9 Å². The van der Waals surface area contributed by atoms with E-state index in [4.69, 9.17) is 16.6 Å². The Hall–Kier alpha value is 0.417. The molecule has 0 aliphatic carbocycles. The third-order valence-electron chi connectivity index (χ3n) is 1.18. The summed E-state index contributed by atoms with van der Waals surface area (Å²) in [5.74, 6) is 1.03. The topological polar surface area (TPSA) is 21.3 Å². The molecule has 2 nitrogen and oxygen atoms in total. The lowest BCUT2D eigenvalue weighted by Gasteiger charge is -2.17. The monoisotopic (exact) mass is 237 g/mol. The lowest BCUT2D eigenvalue weighted by atomic mass is 10.7. The van der Waals surface area contributed by atoms with Crippen molar-refractivity contribution in [2.75, 3.05) is 18.9 Å². The van der Waals surface area contributed by atoms with E-state index in [0.29, 0.717) is 0 Å². The summed E-state index contributed by atoms with van der Waals surface area (Å²) >= 11 is 6.73. The predicted octanol–water partition coefficient (Wildman–Crippen LogP) is 2.47. The Morgan fingerprint density at radius 1 is 1.46 bits per heavy atom. The Kier molecular flexibility index (Phi) is 7.03. The summed E-state index contributed by atoms with van der Waals surface area (Å²) in [4.78, 5) is 0. The van der Waals surface area contributed by atoms with Crippen LogP contribution in [0.15, 0.2) is 0 Å². The summed E-state index contributed by atoms with van der Waals surface area (Å²) in [5.41, 5.74) is 0. The highest BCUT2D eigenvalue weighted by Gasteiger charge is 2.12. The number of hydrogen-bond acceptors (Lipinski definition) is 3. The van der Waals surface area contributed by atoms with Crippen LogP contribution in [-0.4, -0.2) is 31.5 Å². The Balaban J connectivity index is 3.31. The van der Waals surface area contributed by atoms with Crippen molar-refractivity contribution in [2.24, 2.45) is 0 Å². The molecule has 0 amide bonds. The zero-order valence-corrected chi connectivity index (χ0v) is 11.5. The molecule has 0 fully saturated rings. The van der Waals surface area contributed by atoms with E-state index < -0.39 is 8.32 Å². The fourth-order valence-corrected chi connectivity index (χ4v) is 2.33. The van der Waals surface area contributed by atoms with Gasteiger partial charge in [-0.1, -0.05) is 30.9 Å². The number of nitrogens with one attached hydrogen (secondary N) is 1. The normalized spacial score (nSPS) is 11.4. The average molecular weight is 237 g/mol. The molecule has 0 saturated carbocycles. The number of rotatable bonds is 5. The van der Waals surface area contributed by atoms with E-state index in [9.17, 15) is 0 Å². The van der Waals surface area contributed by atoms with Gasteiger partial charge in [0.25, 0.3) is 0 Å². The molecule has 0 aromatic heterocycles. The highest BCUT2D eigenvalue weighted by molar-refractivity contribution is 8.22. The highest BCUT2D eigenvalue weighted by Crippen LogP contribution is 2.02. The molecule has 0 unspecified atom stereocenters. The van der Waals surface area contributed by atoms with Crippen molar-refractivity contribution >= 4 is 36.6 Å². The van der Waals surface area contributed by atoms with Gasteiger partial charge in [-0.05, 0) is 25.4 Å². The summed E-state index contributed by atoms with van der Waals surface area (Å²) in [7, 11) is -1.34. The van der Waals surface area contributed by atoms with E-state index in [0.717, 1.165) is 23.2 Å². The maximum atomic E-state index is 5.67. The van der Waals surface area contributed by atoms with Crippen LogP contribution in [0.3, 0.4) is 0 Å². The van der Waals surface area contributed by atoms with Gasteiger partial charge in [-0.15, -0.1) is 0 Å². The van der Waals surface area contributed by atoms with Crippen LogP contribution < -0.4 is 5.32 Å². The number of thiocarbonyl (C=S) groups is 1. The van der Waals surface area contributed by atoms with Crippen LogP contribution in [0, 0.1) is 0 Å². The summed E-state index contributed by atoms with van der Waals surface area (Å²) in [6.07, 6.45) is 0. The Bertz CT molecular complexity index is 159. The molecule has 0 aromatic rings. The molecule has 0 spiro atoms. The van der Waals surface area contributed by atoms with Gasteiger partial charge in [-0.25, -0.2) is 0 Å². The van der Waals surface area contributed by atoms with Crippen molar-refractivity contribution in [3.8, 4) is 0 Å². The second-order valence-corrected chi connectivity index (χ2v) is 10.1. The van der Waals surface area contributed by atoms with Crippen LogP contribution in [0.5, 0.6) is 0 Å². The van der Waals surface area contributed by atoms with Crippen LogP contribution in [-0.2, 0) is 4.43 Å². The lowest BCUT2D eigenvalue weighted by Crippen LogP contribution is -2.31. The van der Waals surface area contributed by atoms with Crippen molar-refractivity contribution in [1.82, 2.24) is 5.32 Å². The predicted molar refractivity (Wildman–Crippen MR) is 68.0 cm³/mol. The molecule has 0 rings (SSSR count). The first-order valence-electron chi connectivity index (χ1n) is 4.50. The second kappa shape index (κ2) is 6.81. The fourth-order valence-electron chi connectivity index (χ4n) is 0.692. The van der Waals surface area contributed by atoms with E-state index in [1.807, 2.05) is 0 Å². The first-order chi connectivity index (χ1) is 5.95. The van der Waals surface area contributed by atoms with Gasteiger partial charge < -0.3 is 9.74 Å². The smallest absolute Gasteiger partial charge is 0.183 e. The lowest BCUT2D eigenvalue weighted by molar-refractivity contribution is 0.317. The summed E-state index contributed by atoms with van der Waals surface area (Å²) in [5, 5.41) is 3.15. The first-order valence-corrected chi connectivity index (χ1v) is 9.30. The third kappa shape index (κ3) is 10.3. The highest BCUT2D eigenvalue weighted by atomic mass is 32.2. The minimum atomic E-state index is -1.34. The van der Waals surface area contributed by atoms with Gasteiger partial charge in [0.1, 0.15) is 4.32 Å². The molecule has 0 heterocycles. The SMILES string of the molecule is CCSC(=S)NCCO[Si](C)(C)C. The van der Waals surface area contributed by atoms with Crippen LogP contribution in [0.2, 0.25) is 19.6 Å². The van der Waals surface area contributed by atoms with Crippen LogP contribution in [0.1, 0.15) is 6.92 Å². The van der Waals surface area contributed by atoms with Gasteiger partial charge in [-0.2, -0.15) is 0 Å². The molecular weight excluding hydrogens is 218 g/mol. The first kappa shape index (κ1) is 13.4. The minimum absolute atomic E-state index is 0.764. The fraction of sp³-hybridized carbons (Fsp3) is 0.875. The quantitative estimate of drug-likeness (QED) is 0.450.